The van der Waals surface area contributed by atoms with Gasteiger partial charge in [-0.3, -0.25) is 4.99 Å². The van der Waals surface area contributed by atoms with Crippen molar-refractivity contribution >= 4 is 28.2 Å². The molecule has 3 N–H and O–H groups in total. The number of fused-ring (bicyclic) bond motifs is 1. The molecule has 6 heteroatoms. The Kier molecular flexibility index (Phi) is 5.15. The number of aliphatic imine (C=N–C) groups is 1. The van der Waals surface area contributed by atoms with Gasteiger partial charge in [0.25, 0.3) is 0 Å². The molecule has 2 heterocycles. The fourth-order valence-corrected chi connectivity index (χ4v) is 3.50. The summed E-state index contributed by atoms with van der Waals surface area (Å²) in [6.07, 6.45) is 0.909. The lowest BCUT2D eigenvalue weighted by atomic mass is 10.2. The maximum Gasteiger partial charge on any atom is 0.191 e. The Morgan fingerprint density at radius 2 is 2.08 bits per heavy atom. The third kappa shape index (κ3) is 3.94. The summed E-state index contributed by atoms with van der Waals surface area (Å²) in [5.74, 6) is 0.804. The van der Waals surface area contributed by atoms with Gasteiger partial charge in [0, 0.05) is 36.1 Å². The summed E-state index contributed by atoms with van der Waals surface area (Å²) in [5.41, 5.74) is 3.44. The van der Waals surface area contributed by atoms with E-state index in [1.165, 1.54) is 15.3 Å². The van der Waals surface area contributed by atoms with Crippen molar-refractivity contribution in [3.8, 4) is 0 Å². The highest BCUT2D eigenvalue weighted by Crippen LogP contribution is 2.16. The maximum atomic E-state index is 4.56. The van der Waals surface area contributed by atoms with Crippen molar-refractivity contribution in [3.05, 3.63) is 51.6 Å². The number of para-hydroxylation sites is 1. The van der Waals surface area contributed by atoms with Gasteiger partial charge in [-0.15, -0.1) is 11.3 Å². The van der Waals surface area contributed by atoms with Crippen molar-refractivity contribution in [1.29, 1.82) is 0 Å². The summed E-state index contributed by atoms with van der Waals surface area (Å²) in [7, 11) is 1.79. The highest BCUT2D eigenvalue weighted by Gasteiger charge is 2.05. The maximum absolute atomic E-state index is 4.56. The van der Waals surface area contributed by atoms with E-state index in [0.29, 0.717) is 6.54 Å². The number of aromatic amines is 1. The number of aromatic nitrogens is 2. The molecule has 126 valence electrons. The molecule has 3 rings (SSSR count). The highest BCUT2D eigenvalue weighted by molar-refractivity contribution is 7.11. The molecule has 0 spiro atoms. The Bertz CT molecular complexity index is 794. The molecule has 0 bridgehead atoms. The van der Waals surface area contributed by atoms with Crippen LogP contribution in [0.2, 0.25) is 0 Å². The van der Waals surface area contributed by atoms with E-state index in [2.05, 4.69) is 63.7 Å². The van der Waals surface area contributed by atoms with E-state index in [-0.39, 0.29) is 0 Å². The van der Waals surface area contributed by atoms with Crippen molar-refractivity contribution < 1.29 is 0 Å². The number of H-pyrrole nitrogens is 1. The average Bonchev–Trinajstić information content (AvgIpc) is 3.13. The van der Waals surface area contributed by atoms with Gasteiger partial charge in [-0.25, -0.2) is 4.98 Å². The van der Waals surface area contributed by atoms with Gasteiger partial charge in [0.15, 0.2) is 5.96 Å². The van der Waals surface area contributed by atoms with Crippen LogP contribution in [0.4, 0.5) is 0 Å². The van der Waals surface area contributed by atoms with E-state index < -0.39 is 0 Å². The monoisotopic (exact) mass is 341 g/mol. The Morgan fingerprint density at radius 1 is 1.25 bits per heavy atom. The van der Waals surface area contributed by atoms with Gasteiger partial charge < -0.3 is 15.6 Å². The molecule has 1 aromatic carbocycles. The first-order valence-corrected chi connectivity index (χ1v) is 8.91. The van der Waals surface area contributed by atoms with Crippen molar-refractivity contribution in [2.45, 2.75) is 26.8 Å². The number of nitrogens with one attached hydrogen (secondary N) is 3. The van der Waals surface area contributed by atoms with E-state index in [4.69, 9.17) is 0 Å². The van der Waals surface area contributed by atoms with Gasteiger partial charge in [-0.05, 0) is 31.4 Å². The van der Waals surface area contributed by atoms with E-state index in [1.54, 1.807) is 18.4 Å². The molecule has 2 aromatic heterocycles. The van der Waals surface area contributed by atoms with Crippen molar-refractivity contribution in [2.24, 2.45) is 4.99 Å². The van der Waals surface area contributed by atoms with Crippen molar-refractivity contribution in [3.63, 3.8) is 0 Å². The van der Waals surface area contributed by atoms with Crippen LogP contribution in [0.1, 0.15) is 21.3 Å². The average molecular weight is 341 g/mol. The van der Waals surface area contributed by atoms with Gasteiger partial charge >= 0.3 is 0 Å². The Labute approximate surface area is 146 Å². The molecular weight excluding hydrogens is 318 g/mol. The normalized spacial score (nSPS) is 11.9. The molecule has 0 aliphatic rings. The van der Waals surface area contributed by atoms with Gasteiger partial charge in [0.05, 0.1) is 17.2 Å². The van der Waals surface area contributed by atoms with Crippen LogP contribution >= 0.6 is 11.3 Å². The zero-order chi connectivity index (χ0) is 16.9. The largest absolute Gasteiger partial charge is 0.357 e. The van der Waals surface area contributed by atoms with Crippen LogP contribution in [-0.2, 0) is 13.0 Å². The molecule has 0 atom stereocenters. The zero-order valence-electron chi connectivity index (χ0n) is 14.3. The molecule has 0 fully saturated rings. The number of thiazole rings is 1. The molecule has 0 aliphatic carbocycles. The number of benzene rings is 1. The lowest BCUT2D eigenvalue weighted by Crippen LogP contribution is -2.37. The minimum atomic E-state index is 0.712. The third-order valence-corrected chi connectivity index (χ3v) is 5.09. The number of aryl methyl sites for hydroxylation is 2. The Hall–Kier alpha value is -2.34. The van der Waals surface area contributed by atoms with E-state index in [1.807, 2.05) is 6.07 Å². The van der Waals surface area contributed by atoms with Crippen molar-refractivity contribution in [1.82, 2.24) is 20.6 Å². The number of hydrogen-bond donors (Lipinski definition) is 3. The fourth-order valence-electron chi connectivity index (χ4n) is 2.56. The molecule has 24 heavy (non-hydrogen) atoms. The summed E-state index contributed by atoms with van der Waals surface area (Å²) < 4.78 is 0. The number of hydrogen-bond acceptors (Lipinski definition) is 3. The van der Waals surface area contributed by atoms with Crippen LogP contribution in [0.15, 0.2) is 35.3 Å². The molecule has 0 aliphatic heterocycles. The topological polar surface area (TPSA) is 65.1 Å². The van der Waals surface area contributed by atoms with Crippen LogP contribution in [0.3, 0.4) is 0 Å². The summed E-state index contributed by atoms with van der Waals surface area (Å²) >= 11 is 1.77. The minimum Gasteiger partial charge on any atom is -0.357 e. The van der Waals surface area contributed by atoms with Crippen molar-refractivity contribution in [2.75, 3.05) is 13.6 Å². The first-order valence-electron chi connectivity index (χ1n) is 8.10. The zero-order valence-corrected chi connectivity index (χ0v) is 15.1. The second kappa shape index (κ2) is 7.49. The summed E-state index contributed by atoms with van der Waals surface area (Å²) in [5, 5.41) is 9.08. The molecule has 0 saturated heterocycles. The molecule has 0 radical (unpaired) electrons. The van der Waals surface area contributed by atoms with Crippen LogP contribution in [0.5, 0.6) is 0 Å². The van der Waals surface area contributed by atoms with E-state index in [0.717, 1.165) is 35.8 Å². The smallest absolute Gasteiger partial charge is 0.191 e. The number of nitrogens with zero attached hydrogens (tertiary/aromatic N) is 2. The number of guanidine groups is 1. The van der Waals surface area contributed by atoms with Gasteiger partial charge in [0.1, 0.15) is 0 Å². The minimum absolute atomic E-state index is 0.712. The van der Waals surface area contributed by atoms with Gasteiger partial charge in [-0.2, -0.15) is 0 Å². The first kappa shape index (κ1) is 16.5. The second-order valence-electron chi connectivity index (χ2n) is 5.73. The Morgan fingerprint density at radius 3 is 2.79 bits per heavy atom. The fraction of sp³-hybridized carbons (Fsp3) is 0.333. The van der Waals surface area contributed by atoms with Crippen LogP contribution in [0, 0.1) is 13.8 Å². The molecule has 3 aromatic rings. The SMILES string of the molecule is CN=C(NCCc1nc(C)c(C)s1)NCc1cc2ccccc2[nH]1. The predicted octanol–water partition coefficient (Wildman–Crippen LogP) is 3.15. The summed E-state index contributed by atoms with van der Waals surface area (Å²) in [6.45, 7) is 5.71. The van der Waals surface area contributed by atoms with Crippen LogP contribution < -0.4 is 10.6 Å². The number of rotatable bonds is 5. The van der Waals surface area contributed by atoms with Gasteiger partial charge in [-0.1, -0.05) is 18.2 Å². The summed E-state index contributed by atoms with van der Waals surface area (Å²) in [4.78, 5) is 13.5. The van der Waals surface area contributed by atoms with Crippen LogP contribution in [0.25, 0.3) is 10.9 Å². The third-order valence-electron chi connectivity index (χ3n) is 3.96. The summed E-state index contributed by atoms with van der Waals surface area (Å²) in [6, 6.07) is 10.5. The molecular formula is C18H23N5S. The predicted molar refractivity (Wildman–Crippen MR) is 102 cm³/mol. The van der Waals surface area contributed by atoms with Gasteiger partial charge in [0.2, 0.25) is 0 Å². The standard InChI is InChI=1S/C18H23N5S/c1-12-13(2)24-17(22-12)8-9-20-18(19-3)21-11-15-10-14-6-4-5-7-16(14)23-15/h4-7,10,23H,8-9,11H2,1-3H3,(H2,19,20,21). The molecule has 0 unspecified atom stereocenters. The lowest BCUT2D eigenvalue weighted by Gasteiger charge is -2.10. The van der Waals surface area contributed by atoms with E-state index in [9.17, 15) is 0 Å². The quantitative estimate of drug-likeness (QED) is 0.493. The molecule has 5 nitrogen and oxygen atoms in total. The lowest BCUT2D eigenvalue weighted by molar-refractivity contribution is 0.784. The molecule has 0 amide bonds. The Balaban J connectivity index is 1.49. The first-order chi connectivity index (χ1) is 11.7. The highest BCUT2D eigenvalue weighted by atomic mass is 32.1. The van der Waals surface area contributed by atoms with E-state index >= 15 is 0 Å². The molecule has 0 saturated carbocycles. The van der Waals surface area contributed by atoms with Crippen LogP contribution in [-0.4, -0.2) is 29.5 Å². The second-order valence-corrected chi connectivity index (χ2v) is 7.02.